The molecule has 2 heterocycles. The number of rotatable bonds is 1. The Labute approximate surface area is 77.7 Å². The van der Waals surface area contributed by atoms with Gasteiger partial charge in [0.05, 0.1) is 17.9 Å². The first kappa shape index (κ1) is 8.47. The molecule has 1 saturated heterocycles. The molecular weight excluding hydrogens is 164 g/mol. The van der Waals surface area contributed by atoms with Crippen molar-refractivity contribution in [3.8, 4) is 0 Å². The number of pyridine rings is 1. The molecule has 1 aliphatic rings. The zero-order valence-corrected chi connectivity index (χ0v) is 7.70. The second kappa shape index (κ2) is 3.32. The van der Waals surface area contributed by atoms with Gasteiger partial charge >= 0.3 is 0 Å². The molecule has 0 aromatic carbocycles. The standard InChI is InChI=1S/C9H14N4/c1-13-9(3-5-12-13)7-2-4-11-6-8(7)10/h2,4,6,9,12H,3,5,10H2,1H3. The molecule has 1 aromatic rings. The molecule has 0 amide bonds. The molecule has 4 heteroatoms. The number of hydrazine groups is 1. The van der Waals surface area contributed by atoms with Crippen LogP contribution in [-0.2, 0) is 0 Å². The Morgan fingerprint density at radius 1 is 1.69 bits per heavy atom. The van der Waals surface area contributed by atoms with Crippen LogP contribution in [0.5, 0.6) is 0 Å². The lowest BCUT2D eigenvalue weighted by Crippen LogP contribution is -2.28. The Bertz CT molecular complexity index is 299. The first-order valence-corrected chi connectivity index (χ1v) is 4.45. The summed E-state index contributed by atoms with van der Waals surface area (Å²) in [5.74, 6) is 0. The van der Waals surface area contributed by atoms with Crippen molar-refractivity contribution >= 4 is 5.69 Å². The molecule has 1 aliphatic heterocycles. The van der Waals surface area contributed by atoms with E-state index in [2.05, 4.69) is 15.4 Å². The Hall–Kier alpha value is -1.13. The summed E-state index contributed by atoms with van der Waals surface area (Å²) in [5, 5.41) is 2.10. The number of nitrogens with one attached hydrogen (secondary N) is 1. The second-order valence-electron chi connectivity index (χ2n) is 3.33. The van der Waals surface area contributed by atoms with Gasteiger partial charge in [-0.25, -0.2) is 5.01 Å². The molecule has 3 N–H and O–H groups in total. The summed E-state index contributed by atoms with van der Waals surface area (Å²) in [6.45, 7) is 1.02. The number of anilines is 1. The largest absolute Gasteiger partial charge is 0.397 e. The SMILES string of the molecule is CN1NCCC1c1ccncc1N. The van der Waals surface area contributed by atoms with Crippen molar-refractivity contribution in [2.24, 2.45) is 0 Å². The van der Waals surface area contributed by atoms with Crippen molar-refractivity contribution in [1.29, 1.82) is 0 Å². The third-order valence-electron chi connectivity index (χ3n) is 2.49. The minimum atomic E-state index is 0.392. The van der Waals surface area contributed by atoms with Crippen molar-refractivity contribution in [1.82, 2.24) is 15.4 Å². The Balaban J connectivity index is 2.29. The molecule has 13 heavy (non-hydrogen) atoms. The zero-order chi connectivity index (χ0) is 9.26. The maximum absolute atomic E-state index is 5.85. The summed E-state index contributed by atoms with van der Waals surface area (Å²) in [5.41, 5.74) is 11.0. The zero-order valence-electron chi connectivity index (χ0n) is 7.70. The molecule has 0 spiro atoms. The van der Waals surface area contributed by atoms with Crippen LogP contribution in [0.3, 0.4) is 0 Å². The second-order valence-corrected chi connectivity index (χ2v) is 3.33. The molecule has 0 bridgehead atoms. The maximum Gasteiger partial charge on any atom is 0.0549 e. The number of hydrogen-bond donors (Lipinski definition) is 2. The minimum absolute atomic E-state index is 0.392. The average Bonchev–Trinajstić information content (AvgIpc) is 2.52. The lowest BCUT2D eigenvalue weighted by Gasteiger charge is -2.20. The molecule has 0 saturated carbocycles. The molecule has 2 rings (SSSR count). The Morgan fingerprint density at radius 2 is 2.54 bits per heavy atom. The number of hydrogen-bond acceptors (Lipinski definition) is 4. The van der Waals surface area contributed by atoms with Crippen molar-refractivity contribution < 1.29 is 0 Å². The van der Waals surface area contributed by atoms with Crippen molar-refractivity contribution in [2.75, 3.05) is 19.3 Å². The minimum Gasteiger partial charge on any atom is -0.397 e. The number of nitrogen functional groups attached to an aromatic ring is 1. The highest BCUT2D eigenvalue weighted by Gasteiger charge is 2.23. The first-order valence-electron chi connectivity index (χ1n) is 4.45. The Morgan fingerprint density at radius 3 is 3.15 bits per heavy atom. The molecule has 1 atom stereocenters. The van der Waals surface area contributed by atoms with Gasteiger partial charge in [0.15, 0.2) is 0 Å². The normalized spacial score (nSPS) is 23.6. The van der Waals surface area contributed by atoms with Gasteiger partial charge in [0.25, 0.3) is 0 Å². The topological polar surface area (TPSA) is 54.2 Å². The smallest absolute Gasteiger partial charge is 0.0549 e. The van der Waals surface area contributed by atoms with Crippen molar-refractivity contribution in [3.63, 3.8) is 0 Å². The van der Waals surface area contributed by atoms with Gasteiger partial charge in [0.2, 0.25) is 0 Å². The molecule has 0 radical (unpaired) electrons. The predicted octanol–water partition coefficient (Wildman–Crippen LogP) is 0.545. The summed E-state index contributed by atoms with van der Waals surface area (Å²) in [6, 6.07) is 2.38. The van der Waals surface area contributed by atoms with Crippen LogP contribution in [0.25, 0.3) is 0 Å². The molecule has 70 valence electrons. The van der Waals surface area contributed by atoms with Gasteiger partial charge in [-0.15, -0.1) is 0 Å². The molecular formula is C9H14N4. The predicted molar refractivity (Wildman–Crippen MR) is 51.8 cm³/mol. The van der Waals surface area contributed by atoms with Crippen LogP contribution in [0.15, 0.2) is 18.5 Å². The molecule has 4 nitrogen and oxygen atoms in total. The van der Waals surface area contributed by atoms with Crippen LogP contribution >= 0.6 is 0 Å². The molecule has 1 fully saturated rings. The van der Waals surface area contributed by atoms with Gasteiger partial charge in [-0.3, -0.25) is 10.4 Å². The van der Waals surface area contributed by atoms with E-state index < -0.39 is 0 Å². The number of nitrogens with two attached hydrogens (primary N) is 1. The van der Waals surface area contributed by atoms with Crippen molar-refractivity contribution in [3.05, 3.63) is 24.0 Å². The number of nitrogens with zero attached hydrogens (tertiary/aromatic N) is 2. The molecule has 1 aromatic heterocycles. The van der Waals surface area contributed by atoms with Crippen LogP contribution < -0.4 is 11.2 Å². The van der Waals surface area contributed by atoms with Crippen LogP contribution in [0.1, 0.15) is 18.0 Å². The summed E-state index contributed by atoms with van der Waals surface area (Å²) in [7, 11) is 2.04. The van der Waals surface area contributed by atoms with E-state index in [1.165, 1.54) is 5.56 Å². The first-order chi connectivity index (χ1) is 6.29. The summed E-state index contributed by atoms with van der Waals surface area (Å²) >= 11 is 0. The third-order valence-corrected chi connectivity index (χ3v) is 2.49. The molecule has 1 unspecified atom stereocenters. The van der Waals surface area contributed by atoms with Crippen molar-refractivity contribution in [2.45, 2.75) is 12.5 Å². The third kappa shape index (κ3) is 1.50. The lowest BCUT2D eigenvalue weighted by molar-refractivity contribution is 0.241. The molecule has 0 aliphatic carbocycles. The highest BCUT2D eigenvalue weighted by atomic mass is 15.5. The van der Waals surface area contributed by atoms with E-state index in [0.717, 1.165) is 18.7 Å². The fraction of sp³-hybridized carbons (Fsp3) is 0.444. The number of aromatic nitrogens is 1. The monoisotopic (exact) mass is 178 g/mol. The fourth-order valence-corrected chi connectivity index (χ4v) is 1.77. The van der Waals surface area contributed by atoms with E-state index in [1.807, 2.05) is 13.1 Å². The van der Waals surface area contributed by atoms with Gasteiger partial charge in [-0.1, -0.05) is 0 Å². The van der Waals surface area contributed by atoms with E-state index >= 15 is 0 Å². The highest BCUT2D eigenvalue weighted by molar-refractivity contribution is 5.45. The summed E-state index contributed by atoms with van der Waals surface area (Å²) in [6.07, 6.45) is 4.60. The van der Waals surface area contributed by atoms with Gasteiger partial charge < -0.3 is 5.73 Å². The van der Waals surface area contributed by atoms with E-state index in [0.29, 0.717) is 6.04 Å². The van der Waals surface area contributed by atoms with Crippen LogP contribution in [0.4, 0.5) is 5.69 Å². The van der Waals surface area contributed by atoms with E-state index in [-0.39, 0.29) is 0 Å². The van der Waals surface area contributed by atoms with Gasteiger partial charge in [0, 0.05) is 19.8 Å². The van der Waals surface area contributed by atoms with Gasteiger partial charge in [-0.2, -0.15) is 0 Å². The van der Waals surface area contributed by atoms with Crippen LogP contribution in [0.2, 0.25) is 0 Å². The van der Waals surface area contributed by atoms with Crippen LogP contribution in [0, 0.1) is 0 Å². The average molecular weight is 178 g/mol. The van der Waals surface area contributed by atoms with E-state index in [1.54, 1.807) is 12.4 Å². The summed E-state index contributed by atoms with van der Waals surface area (Å²) in [4.78, 5) is 3.98. The fourth-order valence-electron chi connectivity index (χ4n) is 1.77. The van der Waals surface area contributed by atoms with E-state index in [4.69, 9.17) is 5.73 Å². The van der Waals surface area contributed by atoms with Gasteiger partial charge in [0.1, 0.15) is 0 Å². The Kier molecular flexibility index (Phi) is 2.16. The highest BCUT2D eigenvalue weighted by Crippen LogP contribution is 2.28. The quantitative estimate of drug-likeness (QED) is 0.659. The van der Waals surface area contributed by atoms with Gasteiger partial charge in [-0.05, 0) is 18.1 Å². The van der Waals surface area contributed by atoms with Crippen LogP contribution in [-0.4, -0.2) is 23.6 Å². The lowest BCUT2D eigenvalue weighted by atomic mass is 10.1. The summed E-state index contributed by atoms with van der Waals surface area (Å²) < 4.78 is 0. The van der Waals surface area contributed by atoms with E-state index in [9.17, 15) is 0 Å². The maximum atomic E-state index is 5.85.